The average molecular weight is 173 g/mol. The first kappa shape index (κ1) is 8.99. The summed E-state index contributed by atoms with van der Waals surface area (Å²) >= 11 is 0. The van der Waals surface area contributed by atoms with Gasteiger partial charge in [0.1, 0.15) is 0 Å². The van der Waals surface area contributed by atoms with Gasteiger partial charge in [0.15, 0.2) is 0 Å². The van der Waals surface area contributed by atoms with Crippen LogP contribution >= 0.6 is 0 Å². The number of carbonyl (C=O) groups excluding carboxylic acids is 1. The predicted octanol–water partition coefficient (Wildman–Crippen LogP) is -1.04. The molecule has 0 spiro atoms. The van der Waals surface area contributed by atoms with Crippen molar-refractivity contribution >= 4 is 11.9 Å². The summed E-state index contributed by atoms with van der Waals surface area (Å²) in [6, 6.07) is -0.407. The summed E-state index contributed by atoms with van der Waals surface area (Å²) in [5.74, 6) is -1.79. The molecule has 0 bridgehead atoms. The number of hydrogen-bond acceptors (Lipinski definition) is 3. The maximum atomic E-state index is 10.8. The molecule has 68 valence electrons. The third-order valence-electron chi connectivity index (χ3n) is 1.98. The lowest BCUT2D eigenvalue weighted by Gasteiger charge is -2.37. The van der Waals surface area contributed by atoms with Crippen LogP contribution in [0.15, 0.2) is 0 Å². The number of carboxylic acid groups (broad SMARTS) is 1. The van der Waals surface area contributed by atoms with E-state index in [2.05, 4.69) is 5.32 Å². The molecule has 12 heavy (non-hydrogen) atoms. The van der Waals surface area contributed by atoms with Crippen LogP contribution in [0.4, 0.5) is 0 Å². The Hall–Kier alpha value is -1.10. The van der Waals surface area contributed by atoms with Gasteiger partial charge in [-0.15, -0.1) is 0 Å². The molecule has 0 radical (unpaired) electrons. The fourth-order valence-corrected chi connectivity index (χ4v) is 1.38. The van der Waals surface area contributed by atoms with Gasteiger partial charge in [-0.3, -0.25) is 9.59 Å². The minimum atomic E-state index is -0.967. The molecule has 1 unspecified atom stereocenters. The highest BCUT2D eigenvalue weighted by Crippen LogP contribution is 2.21. The maximum absolute atomic E-state index is 10.8. The zero-order valence-corrected chi connectivity index (χ0v) is 6.65. The van der Waals surface area contributed by atoms with Crippen LogP contribution in [0.2, 0.25) is 0 Å². The minimum absolute atomic E-state index is 0.124. The molecule has 1 saturated heterocycles. The molecule has 5 heteroatoms. The minimum Gasteiger partial charge on any atom is -0.481 e. The first-order valence-corrected chi connectivity index (χ1v) is 3.72. The number of β-lactam (4-membered cyclic amide) rings is 1. The van der Waals surface area contributed by atoms with Crippen LogP contribution in [0.25, 0.3) is 0 Å². The standard InChI is InChI=1S/C7H11NO4/c1-3(9)6-4(2-5(10)11)8-7(6)12/h3-4,6,9H,2H2,1H3,(H,8,12)(H,10,11)/t3?,4-,6-/m0/s1. The van der Waals surface area contributed by atoms with Crippen molar-refractivity contribution in [2.24, 2.45) is 5.92 Å². The highest BCUT2D eigenvalue weighted by Gasteiger charge is 2.43. The number of nitrogens with one attached hydrogen (secondary N) is 1. The van der Waals surface area contributed by atoms with E-state index in [1.807, 2.05) is 0 Å². The second-order valence-electron chi connectivity index (χ2n) is 2.98. The molecule has 5 nitrogen and oxygen atoms in total. The molecule has 0 aromatic rings. The second-order valence-corrected chi connectivity index (χ2v) is 2.98. The van der Waals surface area contributed by atoms with Crippen LogP contribution in [-0.2, 0) is 9.59 Å². The van der Waals surface area contributed by atoms with Crippen molar-refractivity contribution in [3.05, 3.63) is 0 Å². The van der Waals surface area contributed by atoms with Gasteiger partial charge in [-0.1, -0.05) is 0 Å². The van der Waals surface area contributed by atoms with Gasteiger partial charge < -0.3 is 15.5 Å². The average Bonchev–Trinajstić information content (AvgIpc) is 1.82. The molecule has 3 N–H and O–H groups in total. The number of rotatable bonds is 3. The first-order chi connectivity index (χ1) is 5.52. The van der Waals surface area contributed by atoms with Crippen molar-refractivity contribution in [2.75, 3.05) is 0 Å². The number of carboxylic acids is 1. The summed E-state index contributed by atoms with van der Waals surface area (Å²) in [4.78, 5) is 21.0. The quantitative estimate of drug-likeness (QED) is 0.475. The summed E-state index contributed by atoms with van der Waals surface area (Å²) in [5, 5.41) is 19.9. The van der Waals surface area contributed by atoms with Crippen molar-refractivity contribution < 1.29 is 19.8 Å². The van der Waals surface area contributed by atoms with Crippen LogP contribution in [0.5, 0.6) is 0 Å². The molecular weight excluding hydrogens is 162 g/mol. The summed E-state index contributed by atoms with van der Waals surface area (Å²) in [7, 11) is 0. The Labute approximate surface area is 69.4 Å². The second kappa shape index (κ2) is 3.10. The Kier molecular flexibility index (Phi) is 2.32. The third kappa shape index (κ3) is 1.55. The van der Waals surface area contributed by atoms with E-state index in [1.165, 1.54) is 6.92 Å². The van der Waals surface area contributed by atoms with Gasteiger partial charge in [0, 0.05) is 0 Å². The lowest BCUT2D eigenvalue weighted by Crippen LogP contribution is -2.62. The van der Waals surface area contributed by atoms with E-state index in [-0.39, 0.29) is 12.3 Å². The van der Waals surface area contributed by atoms with Crippen LogP contribution in [0, 0.1) is 5.92 Å². The number of hydrogen-bond donors (Lipinski definition) is 3. The van der Waals surface area contributed by atoms with Crippen molar-refractivity contribution in [1.29, 1.82) is 0 Å². The van der Waals surface area contributed by atoms with E-state index in [1.54, 1.807) is 0 Å². The van der Waals surface area contributed by atoms with Gasteiger partial charge >= 0.3 is 5.97 Å². The lowest BCUT2D eigenvalue weighted by molar-refractivity contribution is -0.146. The largest absolute Gasteiger partial charge is 0.481 e. The fraction of sp³-hybridized carbons (Fsp3) is 0.714. The molecule has 1 rings (SSSR count). The molecule has 1 amide bonds. The Morgan fingerprint density at radius 2 is 2.33 bits per heavy atom. The number of carbonyl (C=O) groups is 2. The van der Waals surface area contributed by atoms with Crippen LogP contribution < -0.4 is 5.32 Å². The van der Waals surface area contributed by atoms with E-state index >= 15 is 0 Å². The molecule has 1 aliphatic heterocycles. The Morgan fingerprint density at radius 1 is 1.75 bits per heavy atom. The monoisotopic (exact) mass is 173 g/mol. The van der Waals surface area contributed by atoms with E-state index in [4.69, 9.17) is 10.2 Å². The Balaban J connectivity index is 2.48. The zero-order chi connectivity index (χ0) is 9.30. The molecule has 3 atom stereocenters. The lowest BCUT2D eigenvalue weighted by atomic mass is 9.84. The molecule has 0 aliphatic carbocycles. The molecule has 0 saturated carbocycles. The van der Waals surface area contributed by atoms with Crippen molar-refractivity contribution in [3.63, 3.8) is 0 Å². The molecule has 1 fully saturated rings. The van der Waals surface area contributed by atoms with Gasteiger partial charge in [0.25, 0.3) is 0 Å². The van der Waals surface area contributed by atoms with E-state index in [9.17, 15) is 9.59 Å². The molecule has 1 heterocycles. The highest BCUT2D eigenvalue weighted by atomic mass is 16.4. The molecule has 0 aromatic carbocycles. The van der Waals surface area contributed by atoms with E-state index in [0.717, 1.165) is 0 Å². The Morgan fingerprint density at radius 3 is 2.67 bits per heavy atom. The predicted molar refractivity (Wildman–Crippen MR) is 39.4 cm³/mol. The van der Waals surface area contributed by atoms with Gasteiger partial charge in [-0.2, -0.15) is 0 Å². The van der Waals surface area contributed by atoms with Crippen molar-refractivity contribution in [1.82, 2.24) is 5.32 Å². The van der Waals surface area contributed by atoms with Crippen molar-refractivity contribution in [2.45, 2.75) is 25.5 Å². The third-order valence-corrected chi connectivity index (χ3v) is 1.98. The maximum Gasteiger partial charge on any atom is 0.305 e. The Bertz CT molecular complexity index is 213. The van der Waals surface area contributed by atoms with Crippen molar-refractivity contribution in [3.8, 4) is 0 Å². The smallest absolute Gasteiger partial charge is 0.305 e. The van der Waals surface area contributed by atoms with Gasteiger partial charge in [-0.05, 0) is 6.92 Å². The molecule has 0 aromatic heterocycles. The summed E-state index contributed by atoms with van der Waals surface area (Å²) in [6.07, 6.45) is -0.899. The number of aliphatic carboxylic acids is 1. The van der Waals surface area contributed by atoms with Gasteiger partial charge in [0.05, 0.1) is 24.5 Å². The SMILES string of the molecule is CC(O)[C@@H]1C(=O)N[C@H]1CC(=O)O. The van der Waals surface area contributed by atoms with Gasteiger partial charge in [-0.25, -0.2) is 0 Å². The van der Waals surface area contributed by atoms with Crippen LogP contribution in [0.1, 0.15) is 13.3 Å². The van der Waals surface area contributed by atoms with Crippen LogP contribution in [-0.4, -0.2) is 34.2 Å². The first-order valence-electron chi connectivity index (χ1n) is 3.72. The highest BCUT2D eigenvalue weighted by molar-refractivity contribution is 5.88. The van der Waals surface area contributed by atoms with Gasteiger partial charge in [0.2, 0.25) is 5.91 Å². The summed E-state index contributed by atoms with van der Waals surface area (Å²) in [5.41, 5.74) is 0. The summed E-state index contributed by atoms with van der Waals surface area (Å²) in [6.45, 7) is 1.48. The van der Waals surface area contributed by atoms with E-state index in [0.29, 0.717) is 0 Å². The summed E-state index contributed by atoms with van der Waals surface area (Å²) < 4.78 is 0. The topological polar surface area (TPSA) is 86.6 Å². The van der Waals surface area contributed by atoms with Crippen LogP contribution in [0.3, 0.4) is 0 Å². The van der Waals surface area contributed by atoms with E-state index < -0.39 is 24.0 Å². The number of amides is 1. The number of aliphatic hydroxyl groups excluding tert-OH is 1. The fourth-order valence-electron chi connectivity index (χ4n) is 1.38. The normalized spacial score (nSPS) is 30.3. The zero-order valence-electron chi connectivity index (χ0n) is 6.65. The molecule has 1 aliphatic rings. The molecular formula is C7H11NO4. The number of aliphatic hydroxyl groups is 1.